The van der Waals surface area contributed by atoms with Crippen molar-refractivity contribution in [3.63, 3.8) is 0 Å². The van der Waals surface area contributed by atoms with Gasteiger partial charge in [-0.3, -0.25) is 0 Å². The third kappa shape index (κ3) is 14.2. The molecule has 0 aliphatic rings. The van der Waals surface area contributed by atoms with Crippen LogP contribution in [0.1, 0.15) is 12.8 Å². The summed E-state index contributed by atoms with van der Waals surface area (Å²) in [5.41, 5.74) is 0. The fourth-order valence-electron chi connectivity index (χ4n) is 0.778. The van der Waals surface area contributed by atoms with E-state index in [4.69, 9.17) is 0 Å². The van der Waals surface area contributed by atoms with Crippen LogP contribution in [0.25, 0.3) is 0 Å². The molecule has 0 radical (unpaired) electrons. The van der Waals surface area contributed by atoms with Crippen molar-refractivity contribution in [2.75, 3.05) is 23.0 Å². The van der Waals surface area contributed by atoms with Crippen molar-refractivity contribution in [2.24, 2.45) is 0 Å². The zero-order valence-electron chi connectivity index (χ0n) is 7.92. The van der Waals surface area contributed by atoms with Gasteiger partial charge in [0, 0.05) is 11.5 Å². The first-order valence-corrected chi connectivity index (χ1v) is 8.46. The molecule has 0 aromatic rings. The molecule has 0 saturated heterocycles. The molecular weight excluding hydrogens is 264 g/mol. The normalized spacial score (nSPS) is 12.9. The highest BCUT2D eigenvalue weighted by molar-refractivity contribution is 7.99. The highest BCUT2D eigenvalue weighted by atomic mass is 32.2. The average Bonchev–Trinajstić information content (AvgIpc) is 1.98. The third-order valence-corrected chi connectivity index (χ3v) is 4.10. The van der Waals surface area contributed by atoms with Crippen molar-refractivity contribution in [1.82, 2.24) is 0 Å². The lowest BCUT2D eigenvalue weighted by atomic mass is 10.6. The molecule has 0 heterocycles. The minimum absolute atomic E-state index is 0.251. The van der Waals surface area contributed by atoms with Gasteiger partial charge in [0.05, 0.1) is 20.2 Å². The molecule has 0 aromatic heterocycles. The van der Waals surface area contributed by atoms with E-state index in [-0.39, 0.29) is 12.8 Å². The predicted molar refractivity (Wildman–Crippen MR) is 55.7 cm³/mol. The molecule has 0 saturated carbocycles. The van der Waals surface area contributed by atoms with Crippen molar-refractivity contribution in [2.45, 2.75) is 12.8 Å². The summed E-state index contributed by atoms with van der Waals surface area (Å²) in [6, 6.07) is 0. The Morgan fingerprint density at radius 2 is 1.13 bits per heavy atom. The first-order valence-electron chi connectivity index (χ1n) is 4.15. The Balaban J connectivity index is 3.34. The van der Waals surface area contributed by atoms with Crippen LogP contribution in [0.3, 0.4) is 0 Å². The summed E-state index contributed by atoms with van der Waals surface area (Å²) >= 11 is 1.33. The quantitative estimate of drug-likeness (QED) is 0.437. The van der Waals surface area contributed by atoms with Crippen LogP contribution in [0.5, 0.6) is 0 Å². The van der Waals surface area contributed by atoms with E-state index < -0.39 is 31.7 Å². The Hall–Kier alpha value is 0.170. The Bertz CT molecular complexity index is 320. The number of thioether (sulfide) groups is 1. The summed E-state index contributed by atoms with van der Waals surface area (Å²) in [7, 11) is -8.30. The molecular formula is C6H12O6S3-2. The highest BCUT2D eigenvalue weighted by Gasteiger charge is 1.97. The number of hydrogen-bond acceptors (Lipinski definition) is 7. The lowest BCUT2D eigenvalue weighted by molar-refractivity contribution is 0.460. The summed E-state index contributed by atoms with van der Waals surface area (Å²) < 4.78 is 61.0. The molecule has 0 fully saturated rings. The molecule has 0 amide bonds. The van der Waals surface area contributed by atoms with Crippen molar-refractivity contribution >= 4 is 32.0 Å². The van der Waals surface area contributed by atoms with Crippen molar-refractivity contribution in [3.8, 4) is 0 Å². The second-order valence-electron chi connectivity index (χ2n) is 2.84. The van der Waals surface area contributed by atoms with Gasteiger partial charge >= 0.3 is 0 Å². The second kappa shape index (κ2) is 6.69. The number of hydrogen-bond donors (Lipinski definition) is 0. The Morgan fingerprint density at radius 3 is 1.40 bits per heavy atom. The van der Waals surface area contributed by atoms with Gasteiger partial charge in [0.15, 0.2) is 0 Å². The average molecular weight is 276 g/mol. The van der Waals surface area contributed by atoms with Gasteiger partial charge in [-0.25, -0.2) is 16.8 Å². The van der Waals surface area contributed by atoms with Crippen molar-refractivity contribution < 1.29 is 25.9 Å². The maximum Gasteiger partial charge on any atom is 0.0946 e. The first kappa shape index (κ1) is 15.2. The molecule has 0 bridgehead atoms. The van der Waals surface area contributed by atoms with Gasteiger partial charge in [0.1, 0.15) is 0 Å². The zero-order valence-corrected chi connectivity index (χ0v) is 10.4. The summed E-state index contributed by atoms with van der Waals surface area (Å²) in [6.45, 7) is 0. The van der Waals surface area contributed by atoms with Gasteiger partial charge in [-0.2, -0.15) is 11.8 Å². The van der Waals surface area contributed by atoms with Gasteiger partial charge in [0.2, 0.25) is 0 Å². The van der Waals surface area contributed by atoms with E-state index in [1.54, 1.807) is 0 Å². The molecule has 0 rings (SSSR count). The molecule has 9 heteroatoms. The van der Waals surface area contributed by atoms with Gasteiger partial charge in [-0.1, -0.05) is 0 Å². The molecule has 0 spiro atoms. The van der Waals surface area contributed by atoms with Gasteiger partial charge < -0.3 is 9.11 Å². The van der Waals surface area contributed by atoms with E-state index in [1.807, 2.05) is 0 Å². The Kier molecular flexibility index (Phi) is 6.76. The summed E-state index contributed by atoms with van der Waals surface area (Å²) in [6.07, 6.45) is 0.501. The van der Waals surface area contributed by atoms with E-state index in [9.17, 15) is 25.9 Å². The second-order valence-corrected chi connectivity index (χ2v) is 7.12. The fraction of sp³-hybridized carbons (Fsp3) is 1.00. The topological polar surface area (TPSA) is 114 Å². The van der Waals surface area contributed by atoms with Gasteiger partial charge in [0.25, 0.3) is 0 Å². The molecule has 92 valence electrons. The van der Waals surface area contributed by atoms with Crippen LogP contribution < -0.4 is 0 Å². The minimum atomic E-state index is -4.15. The molecule has 0 aliphatic carbocycles. The minimum Gasteiger partial charge on any atom is -0.748 e. The van der Waals surface area contributed by atoms with E-state index in [2.05, 4.69) is 0 Å². The SMILES string of the molecule is O=S(=O)([O-])CCCSCCCS(=O)(=O)[O-]. The monoisotopic (exact) mass is 276 g/mol. The summed E-state index contributed by atoms with van der Waals surface area (Å²) in [5.74, 6) is 0.139. The number of rotatable bonds is 8. The molecule has 0 N–H and O–H groups in total. The van der Waals surface area contributed by atoms with Gasteiger partial charge in [-0.05, 0) is 24.3 Å². The lowest BCUT2D eigenvalue weighted by Gasteiger charge is -2.07. The standard InChI is InChI=1S/C6H14O6S3/c7-14(8,9)5-1-3-13-4-2-6-15(10,11)12/h1-6H2,(H,7,8,9)(H,10,11,12)/p-2. The maximum atomic E-state index is 10.2. The van der Waals surface area contributed by atoms with E-state index in [1.165, 1.54) is 11.8 Å². The van der Waals surface area contributed by atoms with Crippen LogP contribution in [0.4, 0.5) is 0 Å². The molecule has 0 aromatic carbocycles. The maximum absolute atomic E-state index is 10.2. The molecule has 6 nitrogen and oxygen atoms in total. The van der Waals surface area contributed by atoms with Crippen LogP contribution in [0.2, 0.25) is 0 Å². The van der Waals surface area contributed by atoms with Crippen LogP contribution in [0, 0.1) is 0 Å². The Labute approximate surface area is 93.9 Å². The van der Waals surface area contributed by atoms with E-state index in [0.29, 0.717) is 11.5 Å². The summed E-state index contributed by atoms with van der Waals surface area (Å²) in [5, 5.41) is 0. The third-order valence-electron chi connectivity index (χ3n) is 1.37. The van der Waals surface area contributed by atoms with Crippen molar-refractivity contribution in [3.05, 3.63) is 0 Å². The highest BCUT2D eigenvalue weighted by Crippen LogP contribution is 2.06. The Morgan fingerprint density at radius 1 is 0.800 bits per heavy atom. The molecule has 0 atom stereocenters. The van der Waals surface area contributed by atoms with E-state index in [0.717, 1.165) is 0 Å². The van der Waals surface area contributed by atoms with Crippen LogP contribution in [-0.2, 0) is 20.2 Å². The summed E-state index contributed by atoms with van der Waals surface area (Å²) in [4.78, 5) is 0. The van der Waals surface area contributed by atoms with E-state index >= 15 is 0 Å². The lowest BCUT2D eigenvalue weighted by Crippen LogP contribution is -2.06. The predicted octanol–water partition coefficient (Wildman–Crippen LogP) is -0.410. The van der Waals surface area contributed by atoms with Crippen LogP contribution >= 0.6 is 11.8 Å². The van der Waals surface area contributed by atoms with Gasteiger partial charge in [-0.15, -0.1) is 0 Å². The van der Waals surface area contributed by atoms with Crippen LogP contribution in [-0.4, -0.2) is 49.0 Å². The largest absolute Gasteiger partial charge is 0.748 e. The smallest absolute Gasteiger partial charge is 0.0946 e. The van der Waals surface area contributed by atoms with Crippen LogP contribution in [0.15, 0.2) is 0 Å². The molecule has 0 aliphatic heterocycles. The zero-order chi connectivity index (χ0) is 11.9. The first-order chi connectivity index (χ1) is 6.71. The molecule has 15 heavy (non-hydrogen) atoms. The fourth-order valence-corrected chi connectivity index (χ4v) is 3.04. The molecule has 0 unspecified atom stereocenters. The van der Waals surface area contributed by atoms with Crippen molar-refractivity contribution in [1.29, 1.82) is 0 Å².